The van der Waals surface area contributed by atoms with Gasteiger partial charge in [-0.05, 0) is 11.6 Å². The van der Waals surface area contributed by atoms with Gasteiger partial charge in [0.05, 0.1) is 16.8 Å². The van der Waals surface area contributed by atoms with E-state index in [0.29, 0.717) is 10.5 Å². The van der Waals surface area contributed by atoms with Crippen LogP contribution < -0.4 is 10.6 Å². The molecule has 0 saturated carbocycles. The maximum Gasteiger partial charge on any atom is 0.348 e. The third-order valence-corrected chi connectivity index (χ3v) is 5.86. The Labute approximate surface area is 155 Å². The number of nitrogen functional groups attached to an aromatic ring is 1. The number of piperazine rings is 1. The molecule has 3 N–H and O–H groups in total. The van der Waals surface area contributed by atoms with E-state index in [9.17, 15) is 9.90 Å². The monoisotopic (exact) mass is 368 g/mol. The number of nitrogens with two attached hydrogens (primary N) is 1. The average molecular weight is 368 g/mol. The van der Waals surface area contributed by atoms with Crippen molar-refractivity contribution in [2.45, 2.75) is 6.54 Å². The minimum atomic E-state index is -0.996. The van der Waals surface area contributed by atoms with Gasteiger partial charge in [-0.25, -0.2) is 9.78 Å². The van der Waals surface area contributed by atoms with Crippen molar-refractivity contribution in [3.05, 3.63) is 53.0 Å². The van der Waals surface area contributed by atoms with E-state index in [1.165, 1.54) is 5.56 Å². The standard InChI is InChI=1S/C19H20N4O2S/c20-16-15-14(6-7-21-18(15)26-17(16)19(24)25)23-10-8-22(9-11-23)12-13-4-2-1-3-5-13/h1-7H,8-12,20H2,(H,24,25). The second-order valence-corrected chi connectivity index (χ2v) is 7.41. The van der Waals surface area contributed by atoms with E-state index >= 15 is 0 Å². The fourth-order valence-corrected chi connectivity index (χ4v) is 4.36. The smallest absolute Gasteiger partial charge is 0.348 e. The first-order valence-electron chi connectivity index (χ1n) is 8.55. The Bertz CT molecular complexity index is 933. The van der Waals surface area contributed by atoms with Crippen LogP contribution in [-0.2, 0) is 6.54 Å². The SMILES string of the molecule is Nc1c(C(=O)O)sc2nccc(N3CCN(Cc4ccccc4)CC3)c12. The Hall–Kier alpha value is -2.64. The minimum Gasteiger partial charge on any atom is -0.477 e. The Balaban J connectivity index is 1.53. The lowest BCUT2D eigenvalue weighted by atomic mass is 10.1. The lowest BCUT2D eigenvalue weighted by Gasteiger charge is -2.36. The third kappa shape index (κ3) is 3.11. The second kappa shape index (κ2) is 6.93. The summed E-state index contributed by atoms with van der Waals surface area (Å²) in [6, 6.07) is 12.4. The molecule has 26 heavy (non-hydrogen) atoms. The summed E-state index contributed by atoms with van der Waals surface area (Å²) in [6.07, 6.45) is 1.73. The van der Waals surface area contributed by atoms with Gasteiger partial charge in [0.2, 0.25) is 0 Å². The predicted molar refractivity (Wildman–Crippen MR) is 105 cm³/mol. The summed E-state index contributed by atoms with van der Waals surface area (Å²) in [5.74, 6) is -0.996. The number of hydrogen-bond donors (Lipinski definition) is 2. The normalized spacial score (nSPS) is 15.5. The quantitative estimate of drug-likeness (QED) is 0.737. The predicted octanol–water partition coefficient (Wildman–Crippen LogP) is 2.90. The number of carboxylic acids is 1. The molecule has 0 bridgehead atoms. The molecule has 0 unspecified atom stereocenters. The van der Waals surface area contributed by atoms with Crippen LogP contribution in [0.1, 0.15) is 15.2 Å². The van der Waals surface area contributed by atoms with Crippen LogP contribution in [0.25, 0.3) is 10.2 Å². The molecule has 134 valence electrons. The Morgan fingerprint density at radius 2 is 1.88 bits per heavy atom. The number of thiophene rings is 1. The first-order valence-corrected chi connectivity index (χ1v) is 9.36. The van der Waals surface area contributed by atoms with E-state index in [0.717, 1.165) is 55.1 Å². The Morgan fingerprint density at radius 1 is 1.15 bits per heavy atom. The van der Waals surface area contributed by atoms with Crippen molar-refractivity contribution in [1.82, 2.24) is 9.88 Å². The van der Waals surface area contributed by atoms with E-state index in [1.807, 2.05) is 12.1 Å². The summed E-state index contributed by atoms with van der Waals surface area (Å²) in [5.41, 5.74) is 8.76. The molecule has 1 aliphatic heterocycles. The molecule has 0 atom stereocenters. The van der Waals surface area contributed by atoms with Gasteiger partial charge in [0.15, 0.2) is 0 Å². The van der Waals surface area contributed by atoms with Gasteiger partial charge in [-0.2, -0.15) is 0 Å². The fourth-order valence-electron chi connectivity index (χ4n) is 3.44. The van der Waals surface area contributed by atoms with E-state index in [-0.39, 0.29) is 4.88 Å². The van der Waals surface area contributed by atoms with E-state index in [1.54, 1.807) is 6.20 Å². The molecule has 3 heterocycles. The van der Waals surface area contributed by atoms with E-state index in [4.69, 9.17) is 5.73 Å². The van der Waals surface area contributed by atoms with Crippen LogP contribution in [0.3, 0.4) is 0 Å². The molecule has 3 aromatic rings. The van der Waals surface area contributed by atoms with Gasteiger partial charge >= 0.3 is 5.97 Å². The third-order valence-electron chi connectivity index (χ3n) is 4.76. The Kier molecular flexibility index (Phi) is 4.48. The number of fused-ring (bicyclic) bond motifs is 1. The number of rotatable bonds is 4. The number of carboxylic acid groups (broad SMARTS) is 1. The summed E-state index contributed by atoms with van der Waals surface area (Å²) in [7, 11) is 0. The minimum absolute atomic E-state index is 0.169. The molecule has 0 spiro atoms. The van der Waals surface area contributed by atoms with Crippen LogP contribution in [0.5, 0.6) is 0 Å². The molecular formula is C19H20N4O2S. The van der Waals surface area contributed by atoms with Gasteiger partial charge in [-0.1, -0.05) is 30.3 Å². The average Bonchev–Trinajstić information content (AvgIpc) is 3.01. The molecule has 4 rings (SSSR count). The van der Waals surface area contributed by atoms with Gasteiger partial charge in [-0.15, -0.1) is 11.3 Å². The molecule has 7 heteroatoms. The van der Waals surface area contributed by atoms with Crippen molar-refractivity contribution in [3.8, 4) is 0 Å². The molecular weight excluding hydrogens is 348 g/mol. The van der Waals surface area contributed by atoms with Crippen molar-refractivity contribution in [3.63, 3.8) is 0 Å². The summed E-state index contributed by atoms with van der Waals surface area (Å²) in [6.45, 7) is 4.61. The molecule has 1 saturated heterocycles. The van der Waals surface area contributed by atoms with Crippen LogP contribution in [-0.4, -0.2) is 47.1 Å². The first kappa shape index (κ1) is 16.8. The number of aromatic carboxylic acids is 1. The fraction of sp³-hybridized carbons (Fsp3) is 0.263. The van der Waals surface area contributed by atoms with Gasteiger partial charge < -0.3 is 15.7 Å². The van der Waals surface area contributed by atoms with E-state index < -0.39 is 5.97 Å². The highest BCUT2D eigenvalue weighted by Crippen LogP contribution is 2.38. The maximum atomic E-state index is 11.4. The highest BCUT2D eigenvalue weighted by atomic mass is 32.1. The van der Waals surface area contributed by atoms with Gasteiger partial charge in [0.25, 0.3) is 0 Å². The van der Waals surface area contributed by atoms with Crippen molar-refractivity contribution >= 4 is 38.9 Å². The zero-order valence-corrected chi connectivity index (χ0v) is 15.1. The summed E-state index contributed by atoms with van der Waals surface area (Å²) in [5, 5.41) is 10.1. The number of carbonyl (C=O) groups is 1. The van der Waals surface area contributed by atoms with Gasteiger partial charge in [-0.3, -0.25) is 4.90 Å². The second-order valence-electron chi connectivity index (χ2n) is 6.41. The Morgan fingerprint density at radius 3 is 2.58 bits per heavy atom. The summed E-state index contributed by atoms with van der Waals surface area (Å²) < 4.78 is 0. The summed E-state index contributed by atoms with van der Waals surface area (Å²) in [4.78, 5) is 21.3. The van der Waals surface area contributed by atoms with Crippen LogP contribution in [0, 0.1) is 0 Å². The zero-order chi connectivity index (χ0) is 18.1. The molecule has 6 nitrogen and oxygen atoms in total. The van der Waals surface area contributed by atoms with Gasteiger partial charge in [0, 0.05) is 38.9 Å². The van der Waals surface area contributed by atoms with Crippen molar-refractivity contribution in [1.29, 1.82) is 0 Å². The molecule has 0 aliphatic carbocycles. The van der Waals surface area contributed by atoms with Crippen molar-refractivity contribution in [2.75, 3.05) is 36.8 Å². The number of nitrogens with zero attached hydrogens (tertiary/aromatic N) is 3. The molecule has 1 aromatic carbocycles. The van der Waals surface area contributed by atoms with E-state index in [2.05, 4.69) is 39.0 Å². The maximum absolute atomic E-state index is 11.4. The molecule has 0 radical (unpaired) electrons. The topological polar surface area (TPSA) is 82.7 Å². The number of hydrogen-bond acceptors (Lipinski definition) is 6. The number of anilines is 2. The molecule has 1 aliphatic rings. The van der Waals surface area contributed by atoms with Crippen molar-refractivity contribution in [2.24, 2.45) is 0 Å². The highest BCUT2D eigenvalue weighted by molar-refractivity contribution is 7.21. The largest absolute Gasteiger partial charge is 0.477 e. The lowest BCUT2D eigenvalue weighted by Crippen LogP contribution is -2.46. The zero-order valence-electron chi connectivity index (χ0n) is 14.3. The van der Waals surface area contributed by atoms with Crippen LogP contribution in [0.4, 0.5) is 11.4 Å². The molecule has 0 amide bonds. The van der Waals surface area contributed by atoms with Crippen LogP contribution in [0.15, 0.2) is 42.6 Å². The molecule has 2 aromatic heterocycles. The van der Waals surface area contributed by atoms with Crippen LogP contribution in [0.2, 0.25) is 0 Å². The number of aromatic nitrogens is 1. The van der Waals surface area contributed by atoms with Crippen LogP contribution >= 0.6 is 11.3 Å². The van der Waals surface area contributed by atoms with Gasteiger partial charge in [0.1, 0.15) is 9.71 Å². The number of benzene rings is 1. The highest BCUT2D eigenvalue weighted by Gasteiger charge is 2.23. The number of pyridine rings is 1. The summed E-state index contributed by atoms with van der Waals surface area (Å²) >= 11 is 1.14. The lowest BCUT2D eigenvalue weighted by molar-refractivity contribution is 0.0703. The first-order chi connectivity index (χ1) is 12.6. The van der Waals surface area contributed by atoms with Crippen molar-refractivity contribution < 1.29 is 9.90 Å². The molecule has 1 fully saturated rings.